The van der Waals surface area contributed by atoms with Gasteiger partial charge in [0.25, 0.3) is 0 Å². The fourth-order valence-corrected chi connectivity index (χ4v) is 1.66. The molecule has 1 unspecified atom stereocenters. The van der Waals surface area contributed by atoms with Gasteiger partial charge in [0.15, 0.2) is 0 Å². The van der Waals surface area contributed by atoms with E-state index in [0.29, 0.717) is 6.07 Å². The molecule has 7 heteroatoms. The van der Waals surface area contributed by atoms with E-state index >= 15 is 0 Å². The topological polar surface area (TPSA) is 78.4 Å². The van der Waals surface area contributed by atoms with E-state index in [0.717, 1.165) is 12.1 Å². The monoisotopic (exact) mass is 300 g/mol. The first kappa shape index (κ1) is 16.9. The summed E-state index contributed by atoms with van der Waals surface area (Å²) in [7, 11) is 0. The number of amides is 2. The molecule has 0 radical (unpaired) electrons. The molecule has 0 aromatic heterocycles. The summed E-state index contributed by atoms with van der Waals surface area (Å²) in [5, 5.41) is 13.6. The highest BCUT2D eigenvalue weighted by molar-refractivity contribution is 5.89. The molecular formula is C14H18F2N2O3. The summed E-state index contributed by atoms with van der Waals surface area (Å²) in [4.78, 5) is 22.6. The largest absolute Gasteiger partial charge is 0.481 e. The minimum atomic E-state index is -1.05. The van der Waals surface area contributed by atoms with E-state index in [-0.39, 0.29) is 12.1 Å². The summed E-state index contributed by atoms with van der Waals surface area (Å²) in [6.07, 6.45) is -0.261. The minimum Gasteiger partial charge on any atom is -0.481 e. The Morgan fingerprint density at radius 3 is 2.38 bits per heavy atom. The van der Waals surface area contributed by atoms with Gasteiger partial charge in [0.2, 0.25) is 0 Å². The fourth-order valence-electron chi connectivity index (χ4n) is 1.66. The number of anilines is 1. The van der Waals surface area contributed by atoms with Crippen LogP contribution in [0.25, 0.3) is 0 Å². The normalized spacial score (nSPS) is 12.6. The number of aliphatic carboxylic acids is 1. The van der Waals surface area contributed by atoms with E-state index in [1.807, 2.05) is 0 Å². The summed E-state index contributed by atoms with van der Waals surface area (Å²) in [6.45, 7) is 5.33. The van der Waals surface area contributed by atoms with E-state index in [1.54, 1.807) is 20.8 Å². The van der Waals surface area contributed by atoms with Crippen molar-refractivity contribution in [3.8, 4) is 0 Å². The zero-order valence-electron chi connectivity index (χ0n) is 12.0. The Kier molecular flexibility index (Phi) is 5.23. The molecule has 0 aliphatic heterocycles. The van der Waals surface area contributed by atoms with Gasteiger partial charge in [-0.25, -0.2) is 13.6 Å². The number of hydrogen-bond acceptors (Lipinski definition) is 2. The van der Waals surface area contributed by atoms with Crippen LogP contribution in [0.15, 0.2) is 18.2 Å². The van der Waals surface area contributed by atoms with Crippen LogP contribution in [0.2, 0.25) is 0 Å². The molecule has 0 fully saturated rings. The summed E-state index contributed by atoms with van der Waals surface area (Å²) in [5.41, 5.74) is -0.672. The van der Waals surface area contributed by atoms with Crippen molar-refractivity contribution in [1.29, 1.82) is 0 Å². The van der Waals surface area contributed by atoms with E-state index < -0.39 is 35.1 Å². The molecule has 0 aliphatic rings. The summed E-state index contributed by atoms with van der Waals surface area (Å²) in [5.74, 6) is -2.71. The van der Waals surface area contributed by atoms with E-state index in [2.05, 4.69) is 10.6 Å². The maximum atomic E-state index is 13.4. The molecule has 0 saturated carbocycles. The highest BCUT2D eigenvalue weighted by atomic mass is 19.1. The average molecular weight is 300 g/mol. The van der Waals surface area contributed by atoms with Gasteiger partial charge in [0, 0.05) is 12.1 Å². The fraction of sp³-hybridized carbons (Fsp3) is 0.429. The molecule has 21 heavy (non-hydrogen) atoms. The Hall–Kier alpha value is -2.18. The first-order chi connectivity index (χ1) is 9.59. The van der Waals surface area contributed by atoms with Gasteiger partial charge in [-0.2, -0.15) is 0 Å². The SMILES string of the molecule is CC(C)(C)C(CC(=O)O)NC(=O)Nc1ccc(F)cc1F. The Balaban J connectivity index is 2.76. The third-order valence-electron chi connectivity index (χ3n) is 2.91. The van der Waals surface area contributed by atoms with Gasteiger partial charge in [-0.1, -0.05) is 20.8 Å². The molecule has 1 aromatic rings. The van der Waals surface area contributed by atoms with Gasteiger partial charge >= 0.3 is 12.0 Å². The van der Waals surface area contributed by atoms with Crippen molar-refractivity contribution < 1.29 is 23.5 Å². The van der Waals surface area contributed by atoms with E-state index in [9.17, 15) is 18.4 Å². The Morgan fingerprint density at radius 2 is 1.90 bits per heavy atom. The molecule has 116 valence electrons. The number of halogens is 2. The highest BCUT2D eigenvalue weighted by Crippen LogP contribution is 2.22. The molecule has 3 N–H and O–H groups in total. The average Bonchev–Trinajstić information content (AvgIpc) is 2.30. The molecule has 1 rings (SSSR count). The molecule has 5 nitrogen and oxygen atoms in total. The van der Waals surface area contributed by atoms with Crippen LogP contribution in [-0.4, -0.2) is 23.1 Å². The Bertz CT molecular complexity index is 542. The Labute approximate surface area is 121 Å². The van der Waals surface area contributed by atoms with Crippen molar-refractivity contribution in [2.24, 2.45) is 5.41 Å². The van der Waals surface area contributed by atoms with Gasteiger partial charge < -0.3 is 15.7 Å². The molecule has 1 atom stereocenters. The van der Waals surface area contributed by atoms with Crippen molar-refractivity contribution in [2.45, 2.75) is 33.2 Å². The van der Waals surface area contributed by atoms with Crippen molar-refractivity contribution >= 4 is 17.7 Å². The molecule has 0 saturated heterocycles. The van der Waals surface area contributed by atoms with Crippen molar-refractivity contribution in [1.82, 2.24) is 5.32 Å². The molecule has 1 aromatic carbocycles. The lowest BCUT2D eigenvalue weighted by Crippen LogP contribution is -2.46. The molecule has 0 spiro atoms. The van der Waals surface area contributed by atoms with Crippen molar-refractivity contribution in [3.05, 3.63) is 29.8 Å². The summed E-state index contributed by atoms with van der Waals surface area (Å²) >= 11 is 0. The third kappa shape index (κ3) is 5.37. The van der Waals surface area contributed by atoms with Gasteiger partial charge in [0.1, 0.15) is 11.6 Å². The number of hydrogen-bond donors (Lipinski definition) is 3. The van der Waals surface area contributed by atoms with Crippen LogP contribution < -0.4 is 10.6 Å². The van der Waals surface area contributed by atoms with Gasteiger partial charge in [-0.15, -0.1) is 0 Å². The zero-order valence-corrected chi connectivity index (χ0v) is 12.0. The van der Waals surface area contributed by atoms with Gasteiger partial charge in [-0.3, -0.25) is 4.79 Å². The van der Waals surface area contributed by atoms with Crippen LogP contribution >= 0.6 is 0 Å². The minimum absolute atomic E-state index is 0.183. The third-order valence-corrected chi connectivity index (χ3v) is 2.91. The zero-order chi connectivity index (χ0) is 16.2. The molecule has 0 bridgehead atoms. The van der Waals surface area contributed by atoms with Crippen LogP contribution in [0, 0.1) is 17.0 Å². The number of carboxylic acid groups (broad SMARTS) is 1. The summed E-state index contributed by atoms with van der Waals surface area (Å²) in [6, 6.07) is 1.36. The lowest BCUT2D eigenvalue weighted by atomic mass is 9.85. The second kappa shape index (κ2) is 6.51. The number of carboxylic acids is 1. The number of carbonyl (C=O) groups excluding carboxylic acids is 1. The van der Waals surface area contributed by atoms with Crippen LogP contribution in [-0.2, 0) is 4.79 Å². The predicted octanol–water partition coefficient (Wildman–Crippen LogP) is 2.98. The molecule has 0 heterocycles. The first-order valence-electron chi connectivity index (χ1n) is 6.34. The second-order valence-corrected chi connectivity index (χ2v) is 5.74. The second-order valence-electron chi connectivity index (χ2n) is 5.74. The lowest BCUT2D eigenvalue weighted by Gasteiger charge is -2.30. The maximum absolute atomic E-state index is 13.4. The predicted molar refractivity (Wildman–Crippen MR) is 74.0 cm³/mol. The lowest BCUT2D eigenvalue weighted by molar-refractivity contribution is -0.138. The van der Waals surface area contributed by atoms with Crippen LogP contribution in [0.1, 0.15) is 27.2 Å². The Morgan fingerprint density at radius 1 is 1.29 bits per heavy atom. The van der Waals surface area contributed by atoms with Gasteiger partial charge in [-0.05, 0) is 17.5 Å². The smallest absolute Gasteiger partial charge is 0.319 e. The summed E-state index contributed by atoms with van der Waals surface area (Å²) < 4.78 is 26.2. The quantitative estimate of drug-likeness (QED) is 0.800. The van der Waals surface area contributed by atoms with E-state index in [4.69, 9.17) is 5.11 Å². The molecule has 0 aliphatic carbocycles. The van der Waals surface area contributed by atoms with Crippen molar-refractivity contribution in [2.75, 3.05) is 5.32 Å². The molecule has 2 amide bonds. The number of rotatable bonds is 4. The van der Waals surface area contributed by atoms with Crippen LogP contribution in [0.5, 0.6) is 0 Å². The standard InChI is InChI=1S/C14H18F2N2O3/c1-14(2,3)11(7-12(19)20)18-13(21)17-10-5-4-8(15)6-9(10)16/h4-6,11H,7H2,1-3H3,(H,19,20)(H2,17,18,21). The maximum Gasteiger partial charge on any atom is 0.319 e. The first-order valence-corrected chi connectivity index (χ1v) is 6.34. The van der Waals surface area contributed by atoms with Crippen LogP contribution in [0.4, 0.5) is 19.3 Å². The number of benzene rings is 1. The van der Waals surface area contributed by atoms with Gasteiger partial charge in [0.05, 0.1) is 12.1 Å². The van der Waals surface area contributed by atoms with E-state index in [1.165, 1.54) is 0 Å². The number of nitrogens with one attached hydrogen (secondary N) is 2. The van der Waals surface area contributed by atoms with Crippen molar-refractivity contribution in [3.63, 3.8) is 0 Å². The highest BCUT2D eigenvalue weighted by Gasteiger charge is 2.28. The number of urea groups is 1. The number of carbonyl (C=O) groups is 2. The van der Waals surface area contributed by atoms with Crippen LogP contribution in [0.3, 0.4) is 0 Å². The molecular weight excluding hydrogens is 282 g/mol.